The number of nitro groups is 1. The Hall–Kier alpha value is -2.25. The Morgan fingerprint density at radius 2 is 2.35 bits per heavy atom. The second-order valence-electron chi connectivity index (χ2n) is 4.10. The number of hydrogen-bond donors (Lipinski definition) is 1. The third kappa shape index (κ3) is 3.62. The fraction of sp³-hybridized carbons (Fsp3) is 0.308. The lowest BCUT2D eigenvalue weighted by atomic mass is 10.2. The Bertz CT molecular complexity index is 583. The minimum absolute atomic E-state index is 0.0265. The van der Waals surface area contributed by atoms with Crippen LogP contribution in [0.15, 0.2) is 34.9 Å². The van der Waals surface area contributed by atoms with Gasteiger partial charge >= 0.3 is 0 Å². The molecule has 1 N–H and O–H groups in total. The predicted octanol–water partition coefficient (Wildman–Crippen LogP) is 1.99. The summed E-state index contributed by atoms with van der Waals surface area (Å²) < 4.78 is 10.5. The quantitative estimate of drug-likeness (QED) is 0.473. The number of ether oxygens (including phenoxy) is 1. The van der Waals surface area contributed by atoms with Crippen molar-refractivity contribution in [3.05, 3.63) is 46.5 Å². The number of nitro benzene ring substituents is 1. The van der Waals surface area contributed by atoms with E-state index in [-0.39, 0.29) is 5.69 Å². The molecule has 0 aliphatic heterocycles. The first-order chi connectivity index (χ1) is 9.70. The monoisotopic (exact) mass is 277 g/mol. The van der Waals surface area contributed by atoms with Crippen molar-refractivity contribution >= 4 is 5.69 Å². The fourth-order valence-electron chi connectivity index (χ4n) is 1.67. The van der Waals surface area contributed by atoms with Crippen molar-refractivity contribution in [3.8, 4) is 11.3 Å². The van der Waals surface area contributed by atoms with Gasteiger partial charge in [0.2, 0.25) is 5.89 Å². The Kier molecular flexibility index (Phi) is 4.80. The van der Waals surface area contributed by atoms with Crippen LogP contribution in [0.3, 0.4) is 0 Å². The van der Waals surface area contributed by atoms with Gasteiger partial charge in [0, 0.05) is 31.4 Å². The molecule has 2 rings (SSSR count). The van der Waals surface area contributed by atoms with Gasteiger partial charge in [0.25, 0.3) is 5.69 Å². The van der Waals surface area contributed by atoms with E-state index in [4.69, 9.17) is 9.15 Å². The van der Waals surface area contributed by atoms with Gasteiger partial charge in [-0.2, -0.15) is 0 Å². The number of methoxy groups -OCH3 is 1. The number of non-ortho nitro benzene ring substituents is 1. The van der Waals surface area contributed by atoms with Crippen LogP contribution >= 0.6 is 0 Å². The lowest BCUT2D eigenvalue weighted by Crippen LogP contribution is -2.18. The molecule has 1 aromatic heterocycles. The third-order valence-electron chi connectivity index (χ3n) is 2.65. The summed E-state index contributed by atoms with van der Waals surface area (Å²) in [6, 6.07) is 6.26. The summed E-state index contributed by atoms with van der Waals surface area (Å²) in [5, 5.41) is 13.8. The number of nitrogens with zero attached hydrogens (tertiary/aromatic N) is 2. The topological polar surface area (TPSA) is 90.4 Å². The van der Waals surface area contributed by atoms with Crippen LogP contribution in [0, 0.1) is 10.1 Å². The normalized spacial score (nSPS) is 10.7. The van der Waals surface area contributed by atoms with Crippen molar-refractivity contribution < 1.29 is 14.1 Å². The van der Waals surface area contributed by atoms with Crippen molar-refractivity contribution in [1.82, 2.24) is 10.3 Å². The molecule has 0 aliphatic rings. The van der Waals surface area contributed by atoms with E-state index in [9.17, 15) is 10.1 Å². The highest BCUT2D eigenvalue weighted by Gasteiger charge is 2.10. The molecule has 0 bridgehead atoms. The standard InChI is InChI=1S/C13H15N3O4/c1-19-6-5-14-9-13-15-8-12(20-13)10-3-2-4-11(7-10)16(17)18/h2-4,7-8,14H,5-6,9H2,1H3. The highest BCUT2D eigenvalue weighted by molar-refractivity contribution is 5.60. The number of rotatable bonds is 7. The van der Waals surface area contributed by atoms with E-state index >= 15 is 0 Å². The van der Waals surface area contributed by atoms with E-state index in [1.165, 1.54) is 12.1 Å². The largest absolute Gasteiger partial charge is 0.439 e. The lowest BCUT2D eigenvalue weighted by Gasteiger charge is -2.00. The highest BCUT2D eigenvalue weighted by Crippen LogP contribution is 2.24. The maximum absolute atomic E-state index is 10.7. The summed E-state index contributed by atoms with van der Waals surface area (Å²) in [7, 11) is 1.63. The van der Waals surface area contributed by atoms with Gasteiger partial charge in [-0.15, -0.1) is 0 Å². The van der Waals surface area contributed by atoms with Gasteiger partial charge in [-0.1, -0.05) is 12.1 Å². The van der Waals surface area contributed by atoms with E-state index in [1.54, 1.807) is 25.4 Å². The number of hydrogen-bond acceptors (Lipinski definition) is 6. The highest BCUT2D eigenvalue weighted by atomic mass is 16.6. The molecular weight excluding hydrogens is 262 g/mol. The molecule has 1 heterocycles. The zero-order valence-corrected chi connectivity index (χ0v) is 11.0. The van der Waals surface area contributed by atoms with Gasteiger partial charge in [0.05, 0.1) is 24.3 Å². The van der Waals surface area contributed by atoms with Crippen molar-refractivity contribution in [3.63, 3.8) is 0 Å². The molecule has 20 heavy (non-hydrogen) atoms. The van der Waals surface area contributed by atoms with Crippen LogP contribution in [0.5, 0.6) is 0 Å². The second kappa shape index (κ2) is 6.78. The summed E-state index contributed by atoms with van der Waals surface area (Å²) in [5.41, 5.74) is 0.661. The Morgan fingerprint density at radius 1 is 1.50 bits per heavy atom. The third-order valence-corrected chi connectivity index (χ3v) is 2.65. The second-order valence-corrected chi connectivity index (χ2v) is 4.10. The first-order valence-corrected chi connectivity index (χ1v) is 6.10. The van der Waals surface area contributed by atoms with Crippen molar-refractivity contribution in [2.45, 2.75) is 6.54 Å². The Morgan fingerprint density at radius 3 is 3.10 bits per heavy atom. The summed E-state index contributed by atoms with van der Waals surface area (Å²) in [6.45, 7) is 1.79. The average molecular weight is 277 g/mol. The molecule has 0 spiro atoms. The zero-order chi connectivity index (χ0) is 14.4. The van der Waals surface area contributed by atoms with Gasteiger partial charge in [-0.3, -0.25) is 10.1 Å². The molecule has 0 aliphatic carbocycles. The zero-order valence-electron chi connectivity index (χ0n) is 11.0. The Balaban J connectivity index is 2.04. The number of nitrogens with one attached hydrogen (secondary N) is 1. The van der Waals surface area contributed by atoms with Crippen molar-refractivity contribution in [2.24, 2.45) is 0 Å². The Labute approximate surface area is 115 Å². The van der Waals surface area contributed by atoms with Crippen molar-refractivity contribution in [1.29, 1.82) is 0 Å². The van der Waals surface area contributed by atoms with Crippen LogP contribution in [0.1, 0.15) is 5.89 Å². The van der Waals surface area contributed by atoms with Gasteiger partial charge in [0.15, 0.2) is 5.76 Å². The van der Waals surface area contributed by atoms with Crippen LogP contribution < -0.4 is 5.32 Å². The molecule has 106 valence electrons. The van der Waals surface area contributed by atoms with Gasteiger partial charge < -0.3 is 14.5 Å². The van der Waals surface area contributed by atoms with Crippen LogP contribution in [-0.2, 0) is 11.3 Å². The predicted molar refractivity (Wildman–Crippen MR) is 72.2 cm³/mol. The molecule has 0 amide bonds. The van der Waals surface area contributed by atoms with E-state index in [1.807, 2.05) is 0 Å². The molecule has 7 heteroatoms. The molecule has 0 saturated carbocycles. The molecule has 0 fully saturated rings. The smallest absolute Gasteiger partial charge is 0.270 e. The minimum Gasteiger partial charge on any atom is -0.439 e. The van der Waals surface area contributed by atoms with Gasteiger partial charge in [-0.25, -0.2) is 4.98 Å². The van der Waals surface area contributed by atoms with Crippen LogP contribution in [0.2, 0.25) is 0 Å². The SMILES string of the molecule is COCCNCc1ncc(-c2cccc([N+](=O)[O-])c2)o1. The first kappa shape index (κ1) is 14.2. The van der Waals surface area contributed by atoms with E-state index in [0.29, 0.717) is 36.9 Å². The minimum atomic E-state index is -0.437. The number of benzene rings is 1. The molecule has 2 aromatic rings. The van der Waals surface area contributed by atoms with Gasteiger partial charge in [-0.05, 0) is 0 Å². The lowest BCUT2D eigenvalue weighted by molar-refractivity contribution is -0.384. The average Bonchev–Trinajstić information content (AvgIpc) is 2.92. The molecule has 1 aromatic carbocycles. The van der Waals surface area contributed by atoms with Crippen LogP contribution in [-0.4, -0.2) is 30.2 Å². The van der Waals surface area contributed by atoms with E-state index < -0.39 is 4.92 Å². The number of oxazole rings is 1. The molecule has 7 nitrogen and oxygen atoms in total. The summed E-state index contributed by atoms with van der Waals surface area (Å²) in [6.07, 6.45) is 1.56. The van der Waals surface area contributed by atoms with E-state index in [2.05, 4.69) is 10.3 Å². The van der Waals surface area contributed by atoms with E-state index in [0.717, 1.165) is 0 Å². The maximum Gasteiger partial charge on any atom is 0.270 e. The number of aromatic nitrogens is 1. The van der Waals surface area contributed by atoms with Crippen molar-refractivity contribution in [2.75, 3.05) is 20.3 Å². The summed E-state index contributed by atoms with van der Waals surface area (Å²) >= 11 is 0. The van der Waals surface area contributed by atoms with Crippen LogP contribution in [0.25, 0.3) is 11.3 Å². The first-order valence-electron chi connectivity index (χ1n) is 6.10. The molecule has 0 saturated heterocycles. The molecule has 0 radical (unpaired) electrons. The van der Waals surface area contributed by atoms with Crippen LogP contribution in [0.4, 0.5) is 5.69 Å². The molecule has 0 unspecified atom stereocenters. The maximum atomic E-state index is 10.7. The summed E-state index contributed by atoms with van der Waals surface area (Å²) in [4.78, 5) is 14.4. The van der Waals surface area contributed by atoms with Gasteiger partial charge in [0.1, 0.15) is 0 Å². The molecule has 0 atom stereocenters. The molecular formula is C13H15N3O4. The fourth-order valence-corrected chi connectivity index (χ4v) is 1.67. The summed E-state index contributed by atoms with van der Waals surface area (Å²) in [5.74, 6) is 1.04.